The lowest BCUT2D eigenvalue weighted by Crippen LogP contribution is -2.60. The molecule has 0 aliphatic carbocycles. The lowest BCUT2D eigenvalue weighted by molar-refractivity contribution is -0.131. The number of Topliss-reactive ketones (excluding diaryl/α,β-unsaturated/α-hetero) is 1. The summed E-state index contributed by atoms with van der Waals surface area (Å²) in [5.41, 5.74) is 0.972. The van der Waals surface area contributed by atoms with E-state index in [0.29, 0.717) is 44.2 Å². The van der Waals surface area contributed by atoms with Gasteiger partial charge in [-0.3, -0.25) is 9.69 Å². The van der Waals surface area contributed by atoms with Gasteiger partial charge in [0.25, 0.3) is 0 Å². The zero-order valence-corrected chi connectivity index (χ0v) is 15.0. The van der Waals surface area contributed by atoms with E-state index in [1.165, 1.54) is 0 Å². The molecule has 5 nitrogen and oxygen atoms in total. The number of ether oxygens (including phenoxy) is 2. The van der Waals surface area contributed by atoms with E-state index in [2.05, 4.69) is 13.8 Å². The largest absolute Gasteiger partial charge is 0.445 e. The second-order valence-corrected chi connectivity index (χ2v) is 7.53. The Bertz CT molecular complexity index is 587. The van der Waals surface area contributed by atoms with Crippen LogP contribution in [-0.2, 0) is 20.9 Å². The number of benzene rings is 1. The van der Waals surface area contributed by atoms with E-state index in [0.717, 1.165) is 5.56 Å². The fraction of sp³-hybridized carbons (Fsp3) is 0.600. The van der Waals surface area contributed by atoms with E-state index < -0.39 is 0 Å². The Morgan fingerprint density at radius 3 is 2.40 bits per heavy atom. The van der Waals surface area contributed by atoms with Gasteiger partial charge in [0.05, 0.1) is 25.3 Å². The topological polar surface area (TPSA) is 55.8 Å². The molecule has 1 aromatic rings. The predicted molar refractivity (Wildman–Crippen MR) is 94.0 cm³/mol. The van der Waals surface area contributed by atoms with E-state index in [9.17, 15) is 9.59 Å². The number of morpholine rings is 1. The van der Waals surface area contributed by atoms with Gasteiger partial charge in [-0.1, -0.05) is 44.2 Å². The van der Waals surface area contributed by atoms with Crippen molar-refractivity contribution in [2.75, 3.05) is 13.2 Å². The lowest BCUT2D eigenvalue weighted by Gasteiger charge is -2.47. The van der Waals surface area contributed by atoms with Crippen molar-refractivity contribution >= 4 is 11.9 Å². The van der Waals surface area contributed by atoms with Gasteiger partial charge >= 0.3 is 6.09 Å². The highest BCUT2D eigenvalue weighted by molar-refractivity contribution is 5.82. The molecule has 2 fully saturated rings. The lowest BCUT2D eigenvalue weighted by atomic mass is 9.81. The molecular weight excluding hydrogens is 318 g/mol. The highest BCUT2D eigenvalue weighted by Gasteiger charge is 2.44. The number of carbonyl (C=O) groups excluding carboxylic acids is 2. The van der Waals surface area contributed by atoms with Gasteiger partial charge < -0.3 is 9.47 Å². The smallest absolute Gasteiger partial charge is 0.410 e. The summed E-state index contributed by atoms with van der Waals surface area (Å²) < 4.78 is 11.1. The summed E-state index contributed by atoms with van der Waals surface area (Å²) in [5.74, 6) is 0.737. The SMILES string of the molecule is CC(C)CC(=O)C1CC2COCC(C1)N2C(=O)OCc1ccccc1. The second-order valence-electron chi connectivity index (χ2n) is 7.53. The summed E-state index contributed by atoms with van der Waals surface area (Å²) in [6, 6.07) is 9.55. The van der Waals surface area contributed by atoms with E-state index in [4.69, 9.17) is 9.47 Å². The van der Waals surface area contributed by atoms with Gasteiger partial charge in [-0.05, 0) is 24.3 Å². The molecule has 0 aromatic heterocycles. The first-order chi connectivity index (χ1) is 12.0. The average molecular weight is 345 g/mol. The third-order valence-electron chi connectivity index (χ3n) is 5.00. The molecule has 1 amide bonds. The van der Waals surface area contributed by atoms with Crippen LogP contribution in [0.25, 0.3) is 0 Å². The van der Waals surface area contributed by atoms with E-state index >= 15 is 0 Å². The quantitative estimate of drug-likeness (QED) is 0.820. The normalized spacial score (nSPS) is 25.7. The molecule has 25 heavy (non-hydrogen) atoms. The van der Waals surface area contributed by atoms with Gasteiger partial charge in [-0.15, -0.1) is 0 Å². The summed E-state index contributed by atoms with van der Waals surface area (Å²) in [6.07, 6.45) is 1.69. The molecule has 0 radical (unpaired) electrons. The van der Waals surface area contributed by atoms with Crippen molar-refractivity contribution < 1.29 is 19.1 Å². The molecule has 0 saturated carbocycles. The molecule has 2 aliphatic heterocycles. The number of piperidine rings is 1. The number of hydrogen-bond acceptors (Lipinski definition) is 4. The van der Waals surface area contributed by atoms with Crippen molar-refractivity contribution in [1.82, 2.24) is 4.90 Å². The Kier molecular flexibility index (Phi) is 5.74. The van der Waals surface area contributed by atoms with Crippen LogP contribution in [0.2, 0.25) is 0 Å². The molecule has 0 spiro atoms. The molecule has 3 rings (SSSR count). The number of amides is 1. The average Bonchev–Trinajstić information content (AvgIpc) is 2.58. The highest BCUT2D eigenvalue weighted by atomic mass is 16.6. The Balaban J connectivity index is 1.61. The van der Waals surface area contributed by atoms with Crippen LogP contribution in [0.1, 0.15) is 38.7 Å². The first-order valence-corrected chi connectivity index (χ1v) is 9.14. The molecular formula is C20H27NO4. The minimum atomic E-state index is -0.295. The number of hydrogen-bond donors (Lipinski definition) is 0. The summed E-state index contributed by atoms with van der Waals surface area (Å²) in [7, 11) is 0. The van der Waals surface area contributed by atoms with E-state index in [1.54, 1.807) is 0 Å². The van der Waals surface area contributed by atoms with Crippen molar-refractivity contribution in [3.05, 3.63) is 35.9 Å². The number of carbonyl (C=O) groups is 2. The summed E-state index contributed by atoms with van der Waals surface area (Å²) in [6.45, 7) is 5.38. The van der Waals surface area contributed by atoms with Crippen LogP contribution in [0, 0.1) is 11.8 Å². The summed E-state index contributed by atoms with van der Waals surface area (Å²) in [4.78, 5) is 26.9. The van der Waals surface area contributed by atoms with Gasteiger partial charge in [-0.2, -0.15) is 0 Å². The molecule has 2 heterocycles. The number of fused-ring (bicyclic) bond motifs is 2. The third-order valence-corrected chi connectivity index (χ3v) is 5.00. The Morgan fingerprint density at radius 2 is 1.80 bits per heavy atom. The van der Waals surface area contributed by atoms with E-state index in [-0.39, 0.29) is 30.7 Å². The Labute approximate surface area is 149 Å². The zero-order valence-electron chi connectivity index (χ0n) is 15.0. The van der Waals surface area contributed by atoms with Crippen molar-refractivity contribution in [2.24, 2.45) is 11.8 Å². The molecule has 1 aromatic carbocycles. The van der Waals surface area contributed by atoms with Gasteiger partial charge in [0, 0.05) is 12.3 Å². The molecule has 2 aliphatic rings. The first kappa shape index (κ1) is 17.9. The van der Waals surface area contributed by atoms with Crippen molar-refractivity contribution in [3.8, 4) is 0 Å². The van der Waals surface area contributed by atoms with Gasteiger partial charge in [-0.25, -0.2) is 4.79 Å². The van der Waals surface area contributed by atoms with Gasteiger partial charge in [0.2, 0.25) is 0 Å². The highest BCUT2D eigenvalue weighted by Crippen LogP contribution is 2.33. The minimum absolute atomic E-state index is 0.0412. The van der Waals surface area contributed by atoms with Crippen LogP contribution >= 0.6 is 0 Å². The maximum absolute atomic E-state index is 12.6. The molecule has 136 valence electrons. The van der Waals surface area contributed by atoms with E-state index in [1.807, 2.05) is 35.2 Å². The van der Waals surface area contributed by atoms with Gasteiger partial charge in [0.1, 0.15) is 12.4 Å². The second kappa shape index (κ2) is 8.00. The molecule has 2 atom stereocenters. The van der Waals surface area contributed by atoms with Crippen LogP contribution in [0.3, 0.4) is 0 Å². The first-order valence-electron chi connectivity index (χ1n) is 9.14. The van der Waals surface area contributed by atoms with Crippen LogP contribution in [0.15, 0.2) is 30.3 Å². The van der Waals surface area contributed by atoms with Gasteiger partial charge in [0.15, 0.2) is 0 Å². The maximum atomic E-state index is 12.6. The molecule has 5 heteroatoms. The van der Waals surface area contributed by atoms with Crippen LogP contribution in [0.5, 0.6) is 0 Å². The number of ketones is 1. The Hall–Kier alpha value is -1.88. The monoisotopic (exact) mass is 345 g/mol. The number of rotatable bonds is 5. The van der Waals surface area contributed by atoms with Crippen molar-refractivity contribution in [2.45, 2.75) is 51.8 Å². The fourth-order valence-corrected chi connectivity index (χ4v) is 3.84. The maximum Gasteiger partial charge on any atom is 0.410 e. The molecule has 2 saturated heterocycles. The number of nitrogens with zero attached hydrogens (tertiary/aromatic N) is 1. The fourth-order valence-electron chi connectivity index (χ4n) is 3.84. The van der Waals surface area contributed by atoms with Crippen LogP contribution < -0.4 is 0 Å². The standard InChI is InChI=1S/C20H27NO4/c1-14(2)8-19(22)16-9-17-12-24-13-18(10-16)21(17)20(23)25-11-15-6-4-3-5-7-15/h3-7,14,16-18H,8-13H2,1-2H3. The molecule has 2 unspecified atom stereocenters. The van der Waals surface area contributed by atoms with Crippen molar-refractivity contribution in [3.63, 3.8) is 0 Å². The van der Waals surface area contributed by atoms with Crippen LogP contribution in [0.4, 0.5) is 4.79 Å². The van der Waals surface area contributed by atoms with Crippen molar-refractivity contribution in [1.29, 1.82) is 0 Å². The predicted octanol–water partition coefficient (Wildman–Crippen LogP) is 3.42. The molecule has 0 N–H and O–H groups in total. The molecule has 2 bridgehead atoms. The zero-order chi connectivity index (χ0) is 17.8. The third kappa shape index (κ3) is 4.40. The Morgan fingerprint density at radius 1 is 1.16 bits per heavy atom. The minimum Gasteiger partial charge on any atom is -0.445 e. The van der Waals surface area contributed by atoms with Crippen LogP contribution in [-0.4, -0.2) is 42.1 Å². The summed E-state index contributed by atoms with van der Waals surface area (Å²) in [5, 5.41) is 0. The summed E-state index contributed by atoms with van der Waals surface area (Å²) >= 11 is 0.